The number of H-pyrrole nitrogens is 1. The van der Waals surface area contributed by atoms with E-state index < -0.39 is 0 Å². The molecule has 0 atom stereocenters. The van der Waals surface area contributed by atoms with Crippen molar-refractivity contribution in [1.82, 2.24) is 9.97 Å². The maximum absolute atomic E-state index is 4.19. The van der Waals surface area contributed by atoms with Gasteiger partial charge in [0.05, 0.1) is 17.4 Å². The van der Waals surface area contributed by atoms with Gasteiger partial charge in [0.2, 0.25) is 0 Å². The molecular weight excluding hydrogens is 192 g/mol. The van der Waals surface area contributed by atoms with Gasteiger partial charge in [-0.25, -0.2) is 4.98 Å². The van der Waals surface area contributed by atoms with Crippen molar-refractivity contribution in [3.05, 3.63) is 42.0 Å². The molecule has 1 aromatic carbocycles. The number of nitrogens with one attached hydrogen (secondary N) is 1. The molecule has 0 aliphatic heterocycles. The summed E-state index contributed by atoms with van der Waals surface area (Å²) in [5, 5.41) is 2.09. The fraction of sp³-hybridized carbons (Fsp3) is 0. The maximum atomic E-state index is 4.19. The number of rotatable bonds is 1. The molecule has 3 heteroatoms. The number of aromatic nitrogens is 2. The normalized spacial score (nSPS) is 10.9. The molecule has 3 aromatic rings. The zero-order valence-corrected chi connectivity index (χ0v) is 8.21. The number of nitrogens with zero attached hydrogens (tertiary/aromatic N) is 1. The smallest absolute Gasteiger partial charge is 0.0931 e. The van der Waals surface area contributed by atoms with Crippen LogP contribution in [0.2, 0.25) is 0 Å². The van der Waals surface area contributed by atoms with Crippen molar-refractivity contribution in [1.29, 1.82) is 0 Å². The Morgan fingerprint density at radius 1 is 1.21 bits per heavy atom. The lowest BCUT2D eigenvalue weighted by molar-refractivity contribution is 1.34. The minimum atomic E-state index is 1.02. The first-order valence-electron chi connectivity index (χ1n) is 4.40. The Bertz CT molecular complexity index is 551. The molecule has 2 heterocycles. The quantitative estimate of drug-likeness (QED) is 0.641. The van der Waals surface area contributed by atoms with Gasteiger partial charge in [-0.15, -0.1) is 11.3 Å². The zero-order chi connectivity index (χ0) is 9.38. The van der Waals surface area contributed by atoms with Crippen LogP contribution in [-0.4, -0.2) is 9.97 Å². The van der Waals surface area contributed by atoms with E-state index in [9.17, 15) is 0 Å². The summed E-state index contributed by atoms with van der Waals surface area (Å²) in [7, 11) is 0. The van der Waals surface area contributed by atoms with Crippen molar-refractivity contribution in [3.63, 3.8) is 0 Å². The summed E-state index contributed by atoms with van der Waals surface area (Å²) in [4.78, 5) is 8.60. The van der Waals surface area contributed by atoms with Gasteiger partial charge in [-0.05, 0) is 29.1 Å². The second-order valence-electron chi connectivity index (χ2n) is 3.11. The number of thiophene rings is 1. The number of aromatic amines is 1. The van der Waals surface area contributed by atoms with Crippen molar-refractivity contribution >= 4 is 22.4 Å². The highest BCUT2D eigenvalue weighted by Crippen LogP contribution is 2.26. The average molecular weight is 200 g/mol. The van der Waals surface area contributed by atoms with Gasteiger partial charge in [0.1, 0.15) is 0 Å². The molecule has 0 aliphatic carbocycles. The molecule has 0 spiro atoms. The first-order valence-corrected chi connectivity index (χ1v) is 5.28. The molecule has 14 heavy (non-hydrogen) atoms. The van der Waals surface area contributed by atoms with Gasteiger partial charge in [-0.1, -0.05) is 12.1 Å². The summed E-state index contributed by atoms with van der Waals surface area (Å²) < 4.78 is 0. The van der Waals surface area contributed by atoms with Crippen molar-refractivity contribution in [2.75, 3.05) is 0 Å². The van der Waals surface area contributed by atoms with Crippen LogP contribution < -0.4 is 0 Å². The van der Waals surface area contributed by atoms with Gasteiger partial charge >= 0.3 is 0 Å². The fourth-order valence-corrected chi connectivity index (χ4v) is 2.26. The molecule has 2 nitrogen and oxygen atoms in total. The Hall–Kier alpha value is -1.61. The number of imidazole rings is 1. The third-order valence-corrected chi connectivity index (χ3v) is 3.14. The van der Waals surface area contributed by atoms with Crippen molar-refractivity contribution in [2.45, 2.75) is 0 Å². The second kappa shape index (κ2) is 2.96. The van der Waals surface area contributed by atoms with Gasteiger partial charge in [-0.2, -0.15) is 0 Å². The third-order valence-electron chi connectivity index (χ3n) is 2.23. The molecule has 3 rings (SSSR count). The standard InChI is InChI=1S/C11H8N2S/c1-2-11(14-5-1)8-3-4-9-10(6-8)13-7-12-9/h1-7H,(H,12,13). The summed E-state index contributed by atoms with van der Waals surface area (Å²) in [6.07, 6.45) is 1.73. The molecule has 0 bridgehead atoms. The average Bonchev–Trinajstić information content (AvgIpc) is 2.88. The van der Waals surface area contributed by atoms with Gasteiger partial charge in [0, 0.05) is 4.88 Å². The molecule has 0 fully saturated rings. The second-order valence-corrected chi connectivity index (χ2v) is 4.06. The Balaban J connectivity index is 2.23. The summed E-state index contributed by atoms with van der Waals surface area (Å²) in [5.74, 6) is 0. The van der Waals surface area contributed by atoms with Crippen LogP contribution in [0.25, 0.3) is 21.5 Å². The van der Waals surface area contributed by atoms with Crippen LogP contribution in [0, 0.1) is 0 Å². The Morgan fingerprint density at radius 2 is 2.21 bits per heavy atom. The Kier molecular flexibility index (Phi) is 1.64. The molecule has 68 valence electrons. The monoisotopic (exact) mass is 200 g/mol. The van der Waals surface area contributed by atoms with Gasteiger partial charge in [0.25, 0.3) is 0 Å². The number of benzene rings is 1. The predicted molar refractivity (Wildman–Crippen MR) is 59.4 cm³/mol. The van der Waals surface area contributed by atoms with E-state index in [4.69, 9.17) is 0 Å². The van der Waals surface area contributed by atoms with E-state index in [0.29, 0.717) is 0 Å². The largest absolute Gasteiger partial charge is 0.345 e. The van der Waals surface area contributed by atoms with E-state index in [1.54, 1.807) is 17.7 Å². The molecule has 0 saturated heterocycles. The van der Waals surface area contributed by atoms with E-state index in [1.807, 2.05) is 6.07 Å². The lowest BCUT2D eigenvalue weighted by Gasteiger charge is -1.96. The van der Waals surface area contributed by atoms with Gasteiger partial charge in [-0.3, -0.25) is 0 Å². The van der Waals surface area contributed by atoms with Gasteiger partial charge < -0.3 is 4.98 Å². The lowest BCUT2D eigenvalue weighted by atomic mass is 10.2. The Morgan fingerprint density at radius 3 is 3.07 bits per heavy atom. The molecule has 0 radical (unpaired) electrons. The highest BCUT2D eigenvalue weighted by Gasteiger charge is 2.00. The highest BCUT2D eigenvalue weighted by molar-refractivity contribution is 7.13. The molecule has 1 N–H and O–H groups in total. The summed E-state index contributed by atoms with van der Waals surface area (Å²) >= 11 is 1.75. The predicted octanol–water partition coefficient (Wildman–Crippen LogP) is 3.29. The molecule has 0 amide bonds. The van der Waals surface area contributed by atoms with E-state index >= 15 is 0 Å². The minimum Gasteiger partial charge on any atom is -0.345 e. The van der Waals surface area contributed by atoms with E-state index in [1.165, 1.54) is 10.4 Å². The number of fused-ring (bicyclic) bond motifs is 1. The van der Waals surface area contributed by atoms with Crippen LogP contribution in [-0.2, 0) is 0 Å². The fourth-order valence-electron chi connectivity index (χ4n) is 1.53. The van der Waals surface area contributed by atoms with Crippen molar-refractivity contribution in [2.24, 2.45) is 0 Å². The third kappa shape index (κ3) is 1.14. The van der Waals surface area contributed by atoms with Crippen LogP contribution in [0.3, 0.4) is 0 Å². The van der Waals surface area contributed by atoms with Gasteiger partial charge in [0.15, 0.2) is 0 Å². The highest BCUT2D eigenvalue weighted by atomic mass is 32.1. The first kappa shape index (κ1) is 7.76. The van der Waals surface area contributed by atoms with Crippen LogP contribution in [0.1, 0.15) is 0 Å². The van der Waals surface area contributed by atoms with E-state index in [2.05, 4.69) is 39.6 Å². The number of hydrogen-bond acceptors (Lipinski definition) is 2. The zero-order valence-electron chi connectivity index (χ0n) is 7.40. The van der Waals surface area contributed by atoms with Crippen LogP contribution in [0.15, 0.2) is 42.0 Å². The molecule has 2 aromatic heterocycles. The van der Waals surface area contributed by atoms with Crippen LogP contribution >= 0.6 is 11.3 Å². The SMILES string of the molecule is c1csc(-c2ccc3nc[nH]c3c2)c1. The van der Waals surface area contributed by atoms with Crippen molar-refractivity contribution in [3.8, 4) is 10.4 Å². The van der Waals surface area contributed by atoms with E-state index in [-0.39, 0.29) is 0 Å². The first-order chi connectivity index (χ1) is 6.93. The molecule has 0 unspecified atom stereocenters. The minimum absolute atomic E-state index is 1.02. The molecule has 0 aliphatic rings. The van der Waals surface area contributed by atoms with Crippen LogP contribution in [0.5, 0.6) is 0 Å². The maximum Gasteiger partial charge on any atom is 0.0931 e. The summed E-state index contributed by atoms with van der Waals surface area (Å²) in [5.41, 5.74) is 3.36. The molecule has 0 saturated carbocycles. The lowest BCUT2D eigenvalue weighted by Crippen LogP contribution is -1.73. The van der Waals surface area contributed by atoms with E-state index in [0.717, 1.165) is 11.0 Å². The summed E-state index contributed by atoms with van der Waals surface area (Å²) in [6, 6.07) is 10.5. The topological polar surface area (TPSA) is 28.7 Å². The molecular formula is C11H8N2S. The summed E-state index contributed by atoms with van der Waals surface area (Å²) in [6.45, 7) is 0. The number of hydrogen-bond donors (Lipinski definition) is 1. The van der Waals surface area contributed by atoms with Crippen molar-refractivity contribution < 1.29 is 0 Å². The Labute approximate surface area is 85.2 Å². The van der Waals surface area contributed by atoms with Crippen LogP contribution in [0.4, 0.5) is 0 Å².